The quantitative estimate of drug-likeness (QED) is 0.221. The van der Waals surface area contributed by atoms with E-state index in [0.717, 1.165) is 17.7 Å². The number of nitrogens with one attached hydrogen (secondary N) is 2. The maximum Gasteiger partial charge on any atom is 0.416 e. The van der Waals surface area contributed by atoms with Gasteiger partial charge in [-0.05, 0) is 77.4 Å². The minimum Gasteiger partial charge on any atom is -0.455 e. The summed E-state index contributed by atoms with van der Waals surface area (Å²) in [5.74, 6) is -0.864. The normalized spacial score (nSPS) is 11.4. The summed E-state index contributed by atoms with van der Waals surface area (Å²) in [5.41, 5.74) is 2.87. The number of fused-ring (bicyclic) bond motifs is 1. The Hall–Kier alpha value is -4.92. The van der Waals surface area contributed by atoms with Gasteiger partial charge in [0.25, 0.3) is 11.8 Å². The number of amides is 2. The molecule has 9 heteroatoms. The molecular formula is C31H22F4N2O3. The highest BCUT2D eigenvalue weighted by molar-refractivity contribution is 6.11. The third-order valence-corrected chi connectivity index (χ3v) is 6.44. The van der Waals surface area contributed by atoms with E-state index in [1.165, 1.54) is 43.4 Å². The van der Waals surface area contributed by atoms with Gasteiger partial charge in [0, 0.05) is 30.1 Å². The van der Waals surface area contributed by atoms with E-state index in [4.69, 9.17) is 4.42 Å². The zero-order valence-electron chi connectivity index (χ0n) is 21.1. The van der Waals surface area contributed by atoms with E-state index >= 15 is 0 Å². The van der Waals surface area contributed by atoms with Crippen LogP contribution in [0.3, 0.4) is 0 Å². The first-order valence-electron chi connectivity index (χ1n) is 12.2. The summed E-state index contributed by atoms with van der Waals surface area (Å²) in [4.78, 5) is 25.7. The zero-order chi connectivity index (χ0) is 28.4. The van der Waals surface area contributed by atoms with Crippen LogP contribution in [-0.2, 0) is 12.7 Å². The van der Waals surface area contributed by atoms with Crippen molar-refractivity contribution in [1.82, 2.24) is 10.6 Å². The number of rotatable bonds is 6. The molecule has 1 aromatic heterocycles. The van der Waals surface area contributed by atoms with E-state index < -0.39 is 23.5 Å². The van der Waals surface area contributed by atoms with Gasteiger partial charge in [0.15, 0.2) is 0 Å². The lowest BCUT2D eigenvalue weighted by atomic mass is 9.99. The Labute approximate surface area is 226 Å². The van der Waals surface area contributed by atoms with Crippen LogP contribution in [0.5, 0.6) is 0 Å². The van der Waals surface area contributed by atoms with Gasteiger partial charge in [0.05, 0.1) is 11.1 Å². The fourth-order valence-corrected chi connectivity index (χ4v) is 4.37. The van der Waals surface area contributed by atoms with Crippen molar-refractivity contribution in [2.24, 2.45) is 0 Å². The molecule has 0 aliphatic heterocycles. The first-order chi connectivity index (χ1) is 19.1. The second-order valence-corrected chi connectivity index (χ2v) is 9.06. The van der Waals surface area contributed by atoms with E-state index in [9.17, 15) is 27.2 Å². The molecule has 2 amide bonds. The summed E-state index contributed by atoms with van der Waals surface area (Å²) in [5, 5.41) is 5.89. The van der Waals surface area contributed by atoms with E-state index in [2.05, 4.69) is 10.6 Å². The molecule has 0 aliphatic rings. The topological polar surface area (TPSA) is 71.3 Å². The van der Waals surface area contributed by atoms with Crippen molar-refractivity contribution in [3.8, 4) is 22.5 Å². The minimum absolute atomic E-state index is 0.0594. The van der Waals surface area contributed by atoms with Crippen molar-refractivity contribution in [2.45, 2.75) is 12.7 Å². The van der Waals surface area contributed by atoms with Crippen molar-refractivity contribution in [3.05, 3.63) is 119 Å². The van der Waals surface area contributed by atoms with Crippen LogP contribution in [0.4, 0.5) is 17.6 Å². The Morgan fingerprint density at radius 3 is 2.15 bits per heavy atom. The Kier molecular flexibility index (Phi) is 7.13. The highest BCUT2D eigenvalue weighted by Gasteiger charge is 2.30. The average Bonchev–Trinajstić information content (AvgIpc) is 3.34. The molecule has 0 atom stereocenters. The monoisotopic (exact) mass is 546 g/mol. The third-order valence-electron chi connectivity index (χ3n) is 6.44. The number of hydrogen-bond donors (Lipinski definition) is 2. The number of halogens is 4. The molecule has 40 heavy (non-hydrogen) atoms. The molecule has 0 saturated heterocycles. The first-order valence-corrected chi connectivity index (χ1v) is 12.2. The SMILES string of the molecule is CNC(=O)c1c(-c2ccc(F)cc2)oc2ccc(-c3cccc(C(=O)NCc4ccc(C(F)(F)F)cc4)c3)cc12. The van der Waals surface area contributed by atoms with E-state index in [-0.39, 0.29) is 12.5 Å². The van der Waals surface area contributed by atoms with Gasteiger partial charge in [-0.15, -0.1) is 0 Å². The Bertz CT molecular complexity index is 1710. The van der Waals surface area contributed by atoms with Gasteiger partial charge < -0.3 is 15.1 Å². The molecule has 0 saturated carbocycles. The fourth-order valence-electron chi connectivity index (χ4n) is 4.37. The molecule has 5 aromatic rings. The van der Waals surface area contributed by atoms with Crippen LogP contribution in [0.25, 0.3) is 33.4 Å². The summed E-state index contributed by atoms with van der Waals surface area (Å²) in [6.07, 6.45) is -4.43. The molecular weight excluding hydrogens is 524 g/mol. The number of carbonyl (C=O) groups excluding carboxylic acids is 2. The number of furan rings is 1. The van der Waals surface area contributed by atoms with Crippen LogP contribution in [0.2, 0.25) is 0 Å². The summed E-state index contributed by atoms with van der Waals surface area (Å²) >= 11 is 0. The van der Waals surface area contributed by atoms with Crippen molar-refractivity contribution in [2.75, 3.05) is 7.05 Å². The molecule has 1 heterocycles. The molecule has 0 bridgehead atoms. The second-order valence-electron chi connectivity index (χ2n) is 9.06. The Balaban J connectivity index is 1.42. The van der Waals surface area contributed by atoms with Gasteiger partial charge in [0.2, 0.25) is 0 Å². The maximum absolute atomic E-state index is 13.5. The zero-order valence-corrected chi connectivity index (χ0v) is 21.1. The minimum atomic E-state index is -4.43. The maximum atomic E-state index is 13.5. The van der Waals surface area contributed by atoms with Crippen molar-refractivity contribution >= 4 is 22.8 Å². The lowest BCUT2D eigenvalue weighted by molar-refractivity contribution is -0.137. The molecule has 2 N–H and O–H groups in total. The molecule has 0 radical (unpaired) electrons. The van der Waals surface area contributed by atoms with Gasteiger partial charge in [0.1, 0.15) is 17.2 Å². The van der Waals surface area contributed by atoms with Gasteiger partial charge >= 0.3 is 6.18 Å². The second kappa shape index (κ2) is 10.7. The highest BCUT2D eigenvalue weighted by atomic mass is 19.4. The third kappa shape index (κ3) is 5.44. The number of hydrogen-bond acceptors (Lipinski definition) is 3. The van der Waals surface area contributed by atoms with Crippen LogP contribution < -0.4 is 10.6 Å². The fraction of sp³-hybridized carbons (Fsp3) is 0.0968. The van der Waals surface area contributed by atoms with E-state index in [0.29, 0.717) is 44.5 Å². The summed E-state index contributed by atoms with van der Waals surface area (Å²) < 4.78 is 57.8. The number of benzene rings is 4. The average molecular weight is 547 g/mol. The van der Waals surface area contributed by atoms with Crippen LogP contribution >= 0.6 is 0 Å². The van der Waals surface area contributed by atoms with Gasteiger partial charge in [-0.3, -0.25) is 9.59 Å². The van der Waals surface area contributed by atoms with Crippen LogP contribution in [0, 0.1) is 5.82 Å². The molecule has 0 aliphatic carbocycles. The number of carbonyl (C=O) groups is 2. The highest BCUT2D eigenvalue weighted by Crippen LogP contribution is 2.36. The molecule has 5 nitrogen and oxygen atoms in total. The molecule has 202 valence electrons. The molecule has 0 fully saturated rings. The van der Waals surface area contributed by atoms with Gasteiger partial charge in [-0.2, -0.15) is 13.2 Å². The molecule has 0 unspecified atom stereocenters. The standard InChI is InChI=1S/C31H22F4N2O3/c1-36-30(39)27-25-16-21(9-14-26(25)40-28(27)19-7-12-24(32)13-8-19)20-3-2-4-22(15-20)29(38)37-17-18-5-10-23(11-6-18)31(33,34)35/h2-16H,17H2,1H3,(H,36,39)(H,37,38). The lowest BCUT2D eigenvalue weighted by Gasteiger charge is -2.10. The van der Waals surface area contributed by atoms with Crippen molar-refractivity contribution in [3.63, 3.8) is 0 Å². The Morgan fingerprint density at radius 1 is 0.800 bits per heavy atom. The summed E-state index contributed by atoms with van der Waals surface area (Å²) in [6.45, 7) is 0.0594. The van der Waals surface area contributed by atoms with Gasteiger partial charge in [-0.25, -0.2) is 4.39 Å². The van der Waals surface area contributed by atoms with E-state index in [1.807, 2.05) is 6.07 Å². The lowest BCUT2D eigenvalue weighted by Crippen LogP contribution is -2.22. The number of alkyl halides is 3. The first kappa shape index (κ1) is 26.7. The summed E-state index contributed by atoms with van der Waals surface area (Å²) in [7, 11) is 1.51. The smallest absolute Gasteiger partial charge is 0.416 e. The van der Waals surface area contributed by atoms with Crippen LogP contribution in [0.15, 0.2) is 95.4 Å². The predicted octanol–water partition coefficient (Wildman–Crippen LogP) is 7.21. The molecule has 5 rings (SSSR count). The molecule has 0 spiro atoms. The Morgan fingerprint density at radius 2 is 1.48 bits per heavy atom. The van der Waals surface area contributed by atoms with Crippen LogP contribution in [0.1, 0.15) is 31.8 Å². The molecule has 4 aromatic carbocycles. The largest absolute Gasteiger partial charge is 0.455 e. The van der Waals surface area contributed by atoms with Crippen molar-refractivity contribution in [1.29, 1.82) is 0 Å². The van der Waals surface area contributed by atoms with Crippen LogP contribution in [-0.4, -0.2) is 18.9 Å². The van der Waals surface area contributed by atoms with E-state index in [1.54, 1.807) is 36.4 Å². The van der Waals surface area contributed by atoms with Crippen molar-refractivity contribution < 1.29 is 31.6 Å². The summed E-state index contributed by atoms with van der Waals surface area (Å²) in [6, 6.07) is 22.4. The predicted molar refractivity (Wildman–Crippen MR) is 143 cm³/mol. The van der Waals surface area contributed by atoms with Gasteiger partial charge in [-0.1, -0.05) is 30.3 Å².